The van der Waals surface area contributed by atoms with Crippen LogP contribution in [0.1, 0.15) is 5.56 Å². The maximum atomic E-state index is 13.4. The van der Waals surface area contributed by atoms with Crippen molar-refractivity contribution in [1.29, 1.82) is 0 Å². The van der Waals surface area contributed by atoms with Crippen molar-refractivity contribution >= 4 is 0 Å². The van der Waals surface area contributed by atoms with Gasteiger partial charge in [-0.1, -0.05) is 23.4 Å². The molecule has 0 spiro atoms. The van der Waals surface area contributed by atoms with Crippen LogP contribution in [0, 0.1) is 5.82 Å². The molecule has 1 heterocycles. The Hall–Kier alpha value is -3.87. The van der Waals surface area contributed by atoms with Crippen LogP contribution in [0.2, 0.25) is 0 Å². The highest BCUT2D eigenvalue weighted by atomic mass is 19.1. The zero-order chi connectivity index (χ0) is 20.9. The fourth-order valence-corrected chi connectivity index (χ4v) is 2.93. The molecule has 152 valence electrons. The van der Waals surface area contributed by atoms with Crippen molar-refractivity contribution in [2.45, 2.75) is 6.61 Å². The zero-order valence-corrected chi connectivity index (χ0v) is 16.5. The molecule has 0 saturated heterocycles. The molecule has 0 aliphatic rings. The minimum atomic E-state index is -0.369. The number of hydrogen-bond acceptors (Lipinski definition) is 6. The van der Waals surface area contributed by atoms with Gasteiger partial charge in [0.15, 0.2) is 11.5 Å². The SMILES string of the molecule is COc1cccc(COc2ccc(-c3noc(-c4cccc(F)c4)n3)cc2OC)c1. The molecule has 7 heteroatoms. The van der Waals surface area contributed by atoms with Gasteiger partial charge >= 0.3 is 0 Å². The van der Waals surface area contributed by atoms with E-state index in [-0.39, 0.29) is 11.7 Å². The summed E-state index contributed by atoms with van der Waals surface area (Å²) in [5.41, 5.74) is 2.17. The molecule has 4 rings (SSSR count). The van der Waals surface area contributed by atoms with Gasteiger partial charge < -0.3 is 18.7 Å². The molecule has 0 fully saturated rings. The first-order valence-electron chi connectivity index (χ1n) is 9.20. The summed E-state index contributed by atoms with van der Waals surface area (Å²) in [4.78, 5) is 4.35. The summed E-state index contributed by atoms with van der Waals surface area (Å²) < 4.78 is 35.3. The Labute approximate surface area is 172 Å². The van der Waals surface area contributed by atoms with Crippen LogP contribution in [0.4, 0.5) is 4.39 Å². The van der Waals surface area contributed by atoms with Crippen LogP contribution in [-0.2, 0) is 6.61 Å². The van der Waals surface area contributed by atoms with E-state index in [9.17, 15) is 4.39 Å². The Bertz CT molecular complexity index is 1160. The Morgan fingerprint density at radius 2 is 1.73 bits per heavy atom. The summed E-state index contributed by atoms with van der Waals surface area (Å²) in [6.45, 7) is 0.360. The fraction of sp³-hybridized carbons (Fsp3) is 0.130. The van der Waals surface area contributed by atoms with E-state index in [1.807, 2.05) is 30.3 Å². The zero-order valence-electron chi connectivity index (χ0n) is 16.5. The first-order chi connectivity index (χ1) is 14.7. The minimum Gasteiger partial charge on any atom is -0.497 e. The van der Waals surface area contributed by atoms with E-state index < -0.39 is 0 Å². The Kier molecular flexibility index (Phi) is 5.61. The van der Waals surface area contributed by atoms with E-state index in [2.05, 4.69) is 10.1 Å². The second-order valence-electron chi connectivity index (χ2n) is 6.44. The second-order valence-corrected chi connectivity index (χ2v) is 6.44. The number of ether oxygens (including phenoxy) is 3. The number of halogens is 1. The molecule has 0 unspecified atom stereocenters. The van der Waals surface area contributed by atoms with Gasteiger partial charge in [0, 0.05) is 11.1 Å². The first kappa shape index (κ1) is 19.4. The van der Waals surface area contributed by atoms with Crippen LogP contribution in [0.3, 0.4) is 0 Å². The van der Waals surface area contributed by atoms with E-state index in [0.717, 1.165) is 11.3 Å². The predicted molar refractivity (Wildman–Crippen MR) is 109 cm³/mol. The third kappa shape index (κ3) is 4.25. The Morgan fingerprint density at radius 1 is 0.867 bits per heavy atom. The van der Waals surface area contributed by atoms with E-state index >= 15 is 0 Å². The van der Waals surface area contributed by atoms with E-state index in [1.54, 1.807) is 38.5 Å². The van der Waals surface area contributed by atoms with Crippen molar-refractivity contribution in [1.82, 2.24) is 10.1 Å². The van der Waals surface area contributed by atoms with E-state index in [4.69, 9.17) is 18.7 Å². The van der Waals surface area contributed by atoms with Gasteiger partial charge in [0.2, 0.25) is 5.82 Å². The quantitative estimate of drug-likeness (QED) is 0.423. The van der Waals surface area contributed by atoms with Crippen molar-refractivity contribution in [2.75, 3.05) is 14.2 Å². The molecule has 0 aliphatic carbocycles. The third-order valence-electron chi connectivity index (χ3n) is 4.45. The number of rotatable bonds is 7. The maximum absolute atomic E-state index is 13.4. The summed E-state index contributed by atoms with van der Waals surface area (Å²) >= 11 is 0. The molecule has 30 heavy (non-hydrogen) atoms. The lowest BCUT2D eigenvalue weighted by molar-refractivity contribution is 0.284. The van der Waals surface area contributed by atoms with Gasteiger partial charge in [-0.25, -0.2) is 4.39 Å². The fourth-order valence-electron chi connectivity index (χ4n) is 2.93. The molecule has 0 aliphatic heterocycles. The van der Waals surface area contributed by atoms with Crippen LogP contribution in [0.5, 0.6) is 17.2 Å². The minimum absolute atomic E-state index is 0.238. The van der Waals surface area contributed by atoms with Gasteiger partial charge in [0.05, 0.1) is 14.2 Å². The van der Waals surface area contributed by atoms with Crippen LogP contribution in [0.15, 0.2) is 71.3 Å². The molecule has 0 saturated carbocycles. The van der Waals surface area contributed by atoms with Gasteiger partial charge in [0.1, 0.15) is 18.2 Å². The average molecular weight is 406 g/mol. The van der Waals surface area contributed by atoms with Gasteiger partial charge in [0.25, 0.3) is 5.89 Å². The van der Waals surface area contributed by atoms with Crippen molar-refractivity contribution in [2.24, 2.45) is 0 Å². The van der Waals surface area contributed by atoms with E-state index in [0.29, 0.717) is 35.1 Å². The normalized spacial score (nSPS) is 10.6. The molecule has 6 nitrogen and oxygen atoms in total. The van der Waals surface area contributed by atoms with Crippen molar-refractivity contribution in [3.8, 4) is 40.1 Å². The Morgan fingerprint density at radius 3 is 2.53 bits per heavy atom. The molecular formula is C23H19FN2O4. The number of benzene rings is 3. The van der Waals surface area contributed by atoms with Crippen LogP contribution in [0.25, 0.3) is 22.8 Å². The van der Waals surface area contributed by atoms with Gasteiger partial charge in [-0.15, -0.1) is 0 Å². The van der Waals surface area contributed by atoms with Crippen molar-refractivity contribution < 1.29 is 23.1 Å². The monoisotopic (exact) mass is 406 g/mol. The highest BCUT2D eigenvalue weighted by molar-refractivity contribution is 5.63. The van der Waals surface area contributed by atoms with Gasteiger partial charge in [-0.3, -0.25) is 0 Å². The summed E-state index contributed by atoms with van der Waals surface area (Å²) in [5.74, 6) is 2.12. The lowest BCUT2D eigenvalue weighted by Gasteiger charge is -2.12. The highest BCUT2D eigenvalue weighted by Gasteiger charge is 2.14. The Balaban J connectivity index is 1.53. The predicted octanol–water partition coefficient (Wildman–Crippen LogP) is 5.14. The largest absolute Gasteiger partial charge is 0.497 e. The van der Waals surface area contributed by atoms with Crippen molar-refractivity contribution in [3.05, 3.63) is 78.1 Å². The standard InChI is InChI=1S/C23H19FN2O4/c1-27-19-8-3-5-15(11-19)14-29-20-10-9-16(13-21(20)28-2)22-25-23(30-26-22)17-6-4-7-18(24)12-17/h3-13H,14H2,1-2H3. The summed E-state index contributed by atoms with van der Waals surface area (Å²) in [5, 5.41) is 3.99. The molecule has 0 amide bonds. The molecular weight excluding hydrogens is 387 g/mol. The van der Waals surface area contributed by atoms with Crippen LogP contribution < -0.4 is 14.2 Å². The third-order valence-corrected chi connectivity index (χ3v) is 4.45. The van der Waals surface area contributed by atoms with Gasteiger partial charge in [-0.05, 0) is 54.1 Å². The number of hydrogen-bond donors (Lipinski definition) is 0. The number of methoxy groups -OCH3 is 2. The summed E-state index contributed by atoms with van der Waals surface area (Å²) in [6, 6.07) is 19.0. The maximum Gasteiger partial charge on any atom is 0.258 e. The molecule has 1 aromatic heterocycles. The molecule has 4 aromatic rings. The lowest BCUT2D eigenvalue weighted by Crippen LogP contribution is -1.98. The van der Waals surface area contributed by atoms with Crippen molar-refractivity contribution in [3.63, 3.8) is 0 Å². The molecule has 0 atom stereocenters. The van der Waals surface area contributed by atoms with E-state index in [1.165, 1.54) is 12.1 Å². The number of aromatic nitrogens is 2. The molecule has 0 radical (unpaired) electrons. The highest BCUT2D eigenvalue weighted by Crippen LogP contribution is 2.33. The average Bonchev–Trinajstić information content (AvgIpc) is 3.28. The van der Waals surface area contributed by atoms with Crippen LogP contribution >= 0.6 is 0 Å². The summed E-state index contributed by atoms with van der Waals surface area (Å²) in [7, 11) is 3.19. The number of nitrogens with zero attached hydrogens (tertiary/aromatic N) is 2. The molecule has 0 N–H and O–H groups in total. The van der Waals surface area contributed by atoms with Gasteiger partial charge in [-0.2, -0.15) is 4.98 Å². The smallest absolute Gasteiger partial charge is 0.258 e. The second kappa shape index (κ2) is 8.65. The summed E-state index contributed by atoms with van der Waals surface area (Å²) in [6.07, 6.45) is 0. The van der Waals surface area contributed by atoms with Crippen LogP contribution in [-0.4, -0.2) is 24.4 Å². The molecule has 0 bridgehead atoms. The lowest BCUT2D eigenvalue weighted by atomic mass is 10.2. The topological polar surface area (TPSA) is 66.6 Å². The molecule has 3 aromatic carbocycles. The first-order valence-corrected chi connectivity index (χ1v) is 9.20.